The van der Waals surface area contributed by atoms with Crippen LogP contribution >= 0.6 is 0 Å². The van der Waals surface area contributed by atoms with E-state index in [1.54, 1.807) is 0 Å². The second kappa shape index (κ2) is 5.48. The number of esters is 1. The topological polar surface area (TPSA) is 83.0 Å². The van der Waals surface area contributed by atoms with E-state index in [-0.39, 0.29) is 24.6 Å². The highest BCUT2D eigenvalue weighted by Gasteiger charge is 2.12. The number of hydrogen-bond acceptors (Lipinski definition) is 5. The van der Waals surface area contributed by atoms with E-state index in [9.17, 15) is 4.79 Å². The lowest BCUT2D eigenvalue weighted by atomic mass is 10.1. The Morgan fingerprint density at radius 3 is 2.75 bits per heavy atom. The van der Waals surface area contributed by atoms with Gasteiger partial charge in [0.1, 0.15) is 12.9 Å². The molecule has 6 nitrogen and oxygen atoms in total. The van der Waals surface area contributed by atoms with Crippen LogP contribution in [0, 0.1) is 5.92 Å². The van der Waals surface area contributed by atoms with E-state index in [4.69, 9.17) is 10.5 Å². The van der Waals surface area contributed by atoms with Gasteiger partial charge in [-0.25, -0.2) is 9.67 Å². The summed E-state index contributed by atoms with van der Waals surface area (Å²) in [4.78, 5) is 15.2. The molecule has 0 aromatic carbocycles. The van der Waals surface area contributed by atoms with Crippen LogP contribution < -0.4 is 5.73 Å². The fraction of sp³-hybridized carbons (Fsp3) is 0.700. The van der Waals surface area contributed by atoms with Crippen molar-refractivity contribution in [3.8, 4) is 0 Å². The number of aromatic nitrogens is 3. The summed E-state index contributed by atoms with van der Waals surface area (Å²) in [6.45, 7) is 6.10. The number of carbonyl (C=O) groups excluding carboxylic acids is 1. The van der Waals surface area contributed by atoms with Crippen LogP contribution in [0.3, 0.4) is 0 Å². The molecule has 0 aliphatic heterocycles. The Bertz CT molecular complexity index is 348. The highest BCUT2D eigenvalue weighted by atomic mass is 16.5. The number of anilines is 1. The summed E-state index contributed by atoms with van der Waals surface area (Å²) in [7, 11) is 0. The first-order chi connectivity index (χ1) is 7.47. The van der Waals surface area contributed by atoms with Gasteiger partial charge in [0, 0.05) is 0 Å². The molecule has 1 atom stereocenters. The molecule has 90 valence electrons. The van der Waals surface area contributed by atoms with E-state index in [2.05, 4.69) is 23.9 Å². The maximum Gasteiger partial charge on any atom is 0.328 e. The molecule has 0 amide bonds. The van der Waals surface area contributed by atoms with E-state index in [1.165, 1.54) is 11.0 Å². The van der Waals surface area contributed by atoms with Crippen LogP contribution in [-0.4, -0.2) is 26.8 Å². The predicted molar refractivity (Wildman–Crippen MR) is 59.4 cm³/mol. The van der Waals surface area contributed by atoms with Gasteiger partial charge in [-0.05, 0) is 19.3 Å². The molecule has 0 fully saturated rings. The van der Waals surface area contributed by atoms with Crippen LogP contribution in [0.1, 0.15) is 27.2 Å². The van der Waals surface area contributed by atoms with Crippen molar-refractivity contribution in [1.82, 2.24) is 14.8 Å². The number of ether oxygens (including phenoxy) is 1. The average Bonchev–Trinajstić information content (AvgIpc) is 2.48. The van der Waals surface area contributed by atoms with E-state index in [0.29, 0.717) is 5.92 Å². The van der Waals surface area contributed by atoms with Gasteiger partial charge in [0.15, 0.2) is 0 Å². The van der Waals surface area contributed by atoms with Gasteiger partial charge in [-0.15, -0.1) is 5.10 Å². The normalized spacial score (nSPS) is 12.8. The van der Waals surface area contributed by atoms with Crippen LogP contribution in [0.4, 0.5) is 5.95 Å². The smallest absolute Gasteiger partial charge is 0.328 e. The number of hydrogen-bond donors (Lipinski definition) is 1. The molecule has 1 aromatic rings. The summed E-state index contributed by atoms with van der Waals surface area (Å²) < 4.78 is 6.57. The van der Waals surface area contributed by atoms with Crippen molar-refractivity contribution >= 4 is 11.9 Å². The Balaban J connectivity index is 2.36. The van der Waals surface area contributed by atoms with Gasteiger partial charge in [-0.2, -0.15) is 0 Å². The van der Waals surface area contributed by atoms with Gasteiger partial charge in [0.2, 0.25) is 5.95 Å². The largest absolute Gasteiger partial charge is 0.461 e. The van der Waals surface area contributed by atoms with Gasteiger partial charge >= 0.3 is 5.97 Å². The second-order valence-corrected chi connectivity index (χ2v) is 4.23. The third-order valence-corrected chi connectivity index (χ3v) is 1.98. The Morgan fingerprint density at radius 1 is 1.56 bits per heavy atom. The molecule has 0 bridgehead atoms. The Labute approximate surface area is 94.8 Å². The molecule has 0 aliphatic carbocycles. The van der Waals surface area contributed by atoms with Crippen LogP contribution in [0.2, 0.25) is 0 Å². The number of nitrogens with two attached hydrogens (primary N) is 1. The summed E-state index contributed by atoms with van der Waals surface area (Å²) in [6.07, 6.45) is 2.18. The van der Waals surface area contributed by atoms with Gasteiger partial charge < -0.3 is 10.5 Å². The van der Waals surface area contributed by atoms with Crippen molar-refractivity contribution < 1.29 is 9.53 Å². The Hall–Kier alpha value is -1.59. The van der Waals surface area contributed by atoms with Crippen molar-refractivity contribution in [2.45, 2.75) is 39.8 Å². The zero-order valence-electron chi connectivity index (χ0n) is 9.88. The van der Waals surface area contributed by atoms with Crippen molar-refractivity contribution in [2.75, 3.05) is 5.73 Å². The molecule has 0 aliphatic rings. The SMILES string of the molecule is CC(C)CC(C)OC(=O)Cn1cnc(N)n1. The highest BCUT2D eigenvalue weighted by molar-refractivity contribution is 5.69. The summed E-state index contributed by atoms with van der Waals surface area (Å²) in [5, 5.41) is 3.80. The van der Waals surface area contributed by atoms with Crippen LogP contribution in [-0.2, 0) is 16.1 Å². The minimum absolute atomic E-state index is 0.0482. The first-order valence-electron chi connectivity index (χ1n) is 5.31. The molecule has 1 heterocycles. The molecule has 1 unspecified atom stereocenters. The van der Waals surface area contributed by atoms with Gasteiger partial charge in [0.25, 0.3) is 0 Å². The monoisotopic (exact) mass is 226 g/mol. The van der Waals surface area contributed by atoms with Crippen molar-refractivity contribution in [2.24, 2.45) is 5.92 Å². The van der Waals surface area contributed by atoms with Gasteiger partial charge in [-0.3, -0.25) is 4.79 Å². The molecule has 1 rings (SSSR count). The van der Waals surface area contributed by atoms with Gasteiger partial charge in [-0.1, -0.05) is 13.8 Å². The predicted octanol–water partition coefficient (Wildman–Crippen LogP) is 0.838. The number of carbonyl (C=O) groups is 1. The summed E-state index contributed by atoms with van der Waals surface area (Å²) >= 11 is 0. The van der Waals surface area contributed by atoms with E-state index >= 15 is 0 Å². The minimum Gasteiger partial charge on any atom is -0.461 e. The third-order valence-electron chi connectivity index (χ3n) is 1.98. The van der Waals surface area contributed by atoms with Crippen molar-refractivity contribution in [3.63, 3.8) is 0 Å². The molecule has 0 spiro atoms. The fourth-order valence-electron chi connectivity index (χ4n) is 1.49. The molecule has 2 N–H and O–H groups in total. The number of nitrogen functional groups attached to an aromatic ring is 1. The third kappa shape index (κ3) is 4.29. The van der Waals surface area contributed by atoms with E-state index < -0.39 is 0 Å². The molecular formula is C10H18N4O2. The Kier molecular flexibility index (Phi) is 4.28. The molecule has 0 saturated heterocycles. The maximum atomic E-state index is 11.5. The molecular weight excluding hydrogens is 208 g/mol. The first-order valence-corrected chi connectivity index (χ1v) is 5.31. The zero-order valence-corrected chi connectivity index (χ0v) is 9.88. The van der Waals surface area contributed by atoms with Crippen molar-refractivity contribution in [1.29, 1.82) is 0 Å². The quantitative estimate of drug-likeness (QED) is 0.752. The molecule has 1 aromatic heterocycles. The highest BCUT2D eigenvalue weighted by Crippen LogP contribution is 2.07. The summed E-state index contributed by atoms with van der Waals surface area (Å²) in [5.74, 6) is 0.339. The molecule has 6 heteroatoms. The lowest BCUT2D eigenvalue weighted by Gasteiger charge is -2.14. The summed E-state index contributed by atoms with van der Waals surface area (Å²) in [6, 6.07) is 0. The van der Waals surface area contributed by atoms with Crippen LogP contribution in [0.5, 0.6) is 0 Å². The average molecular weight is 226 g/mol. The van der Waals surface area contributed by atoms with E-state index in [0.717, 1.165) is 6.42 Å². The lowest BCUT2D eigenvalue weighted by molar-refractivity contribution is -0.149. The van der Waals surface area contributed by atoms with Gasteiger partial charge in [0.05, 0.1) is 6.10 Å². The second-order valence-electron chi connectivity index (χ2n) is 4.23. The first kappa shape index (κ1) is 12.5. The zero-order chi connectivity index (χ0) is 12.1. The Morgan fingerprint density at radius 2 is 2.25 bits per heavy atom. The molecule has 0 saturated carbocycles. The summed E-state index contributed by atoms with van der Waals surface area (Å²) in [5.41, 5.74) is 5.33. The minimum atomic E-state index is -0.321. The molecule has 16 heavy (non-hydrogen) atoms. The van der Waals surface area contributed by atoms with E-state index in [1.807, 2.05) is 6.92 Å². The number of rotatable bonds is 5. The van der Waals surface area contributed by atoms with Crippen molar-refractivity contribution in [3.05, 3.63) is 6.33 Å². The van der Waals surface area contributed by atoms with Crippen LogP contribution in [0.25, 0.3) is 0 Å². The number of nitrogens with zero attached hydrogens (tertiary/aromatic N) is 3. The lowest BCUT2D eigenvalue weighted by Crippen LogP contribution is -2.21. The van der Waals surface area contributed by atoms with Crippen LogP contribution in [0.15, 0.2) is 6.33 Å². The molecule has 0 radical (unpaired) electrons. The fourth-order valence-corrected chi connectivity index (χ4v) is 1.49. The standard InChI is InChI=1S/C10H18N4O2/c1-7(2)4-8(3)16-9(15)5-14-6-12-10(11)13-14/h6-8H,4-5H2,1-3H3,(H2,11,13). The maximum absolute atomic E-state index is 11.5.